The van der Waals surface area contributed by atoms with Crippen molar-refractivity contribution >= 4 is 46.5 Å². The molecule has 0 atom stereocenters. The van der Waals surface area contributed by atoms with Crippen LogP contribution in [0.5, 0.6) is 11.5 Å². The molecule has 0 saturated heterocycles. The summed E-state index contributed by atoms with van der Waals surface area (Å²) in [7, 11) is 1.48. The van der Waals surface area contributed by atoms with E-state index in [-0.39, 0.29) is 11.6 Å². The molecule has 6 nitrogen and oxygen atoms in total. The van der Waals surface area contributed by atoms with E-state index >= 15 is 0 Å². The first-order valence-electron chi connectivity index (χ1n) is 8.03. The van der Waals surface area contributed by atoms with Gasteiger partial charge in [0.1, 0.15) is 0 Å². The average Bonchev–Trinajstić information content (AvgIpc) is 2.97. The second-order valence-electron chi connectivity index (χ2n) is 5.78. The maximum atomic E-state index is 12.2. The van der Waals surface area contributed by atoms with Crippen LogP contribution in [0.25, 0.3) is 6.08 Å². The number of hydrogen-bond acceptors (Lipinski definition) is 6. The van der Waals surface area contributed by atoms with Gasteiger partial charge in [0.2, 0.25) is 5.90 Å². The molecule has 0 saturated carbocycles. The Labute approximate surface area is 170 Å². The summed E-state index contributed by atoms with van der Waals surface area (Å²) >= 11 is 2.04. The second-order valence-corrected chi connectivity index (χ2v) is 6.94. The first-order valence-corrected chi connectivity index (χ1v) is 9.11. The molecule has 1 heterocycles. The van der Waals surface area contributed by atoms with Crippen LogP contribution in [0.1, 0.15) is 23.6 Å². The molecule has 0 spiro atoms. The van der Waals surface area contributed by atoms with E-state index in [0.717, 1.165) is 11.1 Å². The number of hydrogen-bond donors (Lipinski definition) is 0. The molecule has 0 bridgehead atoms. The van der Waals surface area contributed by atoms with Crippen molar-refractivity contribution in [3.63, 3.8) is 0 Å². The fourth-order valence-electron chi connectivity index (χ4n) is 2.56. The maximum Gasteiger partial charge on any atom is 0.363 e. The number of benzene rings is 2. The Balaban J connectivity index is 1.99. The minimum absolute atomic E-state index is 0.186. The number of rotatable bonds is 4. The highest BCUT2D eigenvalue weighted by atomic mass is 127. The van der Waals surface area contributed by atoms with Gasteiger partial charge in [-0.15, -0.1) is 0 Å². The molecule has 1 aliphatic heterocycles. The molecule has 27 heavy (non-hydrogen) atoms. The summed E-state index contributed by atoms with van der Waals surface area (Å²) in [6, 6.07) is 11.0. The number of nitrogens with zero attached hydrogens (tertiary/aromatic N) is 1. The SMILES string of the molecule is COc1cc(/C=C2\N=C(c3ccccc3C)OC2=O)cc(I)c1OC(C)=O. The lowest BCUT2D eigenvalue weighted by molar-refractivity contribution is -0.132. The summed E-state index contributed by atoms with van der Waals surface area (Å²) in [6.45, 7) is 3.25. The molecule has 0 aromatic heterocycles. The van der Waals surface area contributed by atoms with Crippen LogP contribution < -0.4 is 9.47 Å². The van der Waals surface area contributed by atoms with Gasteiger partial charge in [-0.05, 0) is 64.9 Å². The largest absolute Gasteiger partial charge is 0.493 e. The van der Waals surface area contributed by atoms with Crippen molar-refractivity contribution in [2.24, 2.45) is 4.99 Å². The van der Waals surface area contributed by atoms with Gasteiger partial charge in [-0.25, -0.2) is 9.79 Å². The molecule has 0 fully saturated rings. The summed E-state index contributed by atoms with van der Waals surface area (Å²) in [6.07, 6.45) is 1.61. The van der Waals surface area contributed by atoms with Gasteiger partial charge in [0.15, 0.2) is 17.2 Å². The molecule has 2 aromatic rings. The number of halogens is 1. The Morgan fingerprint density at radius 3 is 2.67 bits per heavy atom. The van der Waals surface area contributed by atoms with Gasteiger partial charge < -0.3 is 14.2 Å². The zero-order valence-electron chi connectivity index (χ0n) is 14.9. The molecule has 3 rings (SSSR count). The lowest BCUT2D eigenvalue weighted by atomic mass is 10.1. The highest BCUT2D eigenvalue weighted by Gasteiger charge is 2.25. The van der Waals surface area contributed by atoms with E-state index in [2.05, 4.69) is 4.99 Å². The van der Waals surface area contributed by atoms with Gasteiger partial charge in [0.25, 0.3) is 0 Å². The predicted octanol–water partition coefficient (Wildman–Crippen LogP) is 3.88. The standard InChI is InChI=1S/C20H16INO5/c1-11-6-4-5-7-14(11)19-22-16(20(24)27-19)9-13-8-15(21)18(26-12(2)23)17(10-13)25-3/h4-10H,1-3H3/b16-9-. The van der Waals surface area contributed by atoms with Crippen molar-refractivity contribution in [2.45, 2.75) is 13.8 Å². The number of methoxy groups -OCH3 is 1. The Hall–Kier alpha value is -2.68. The summed E-state index contributed by atoms with van der Waals surface area (Å²) in [5, 5.41) is 0. The predicted molar refractivity (Wildman–Crippen MR) is 109 cm³/mol. The Morgan fingerprint density at radius 2 is 2.00 bits per heavy atom. The van der Waals surface area contributed by atoms with Crippen molar-refractivity contribution in [2.75, 3.05) is 7.11 Å². The van der Waals surface area contributed by atoms with E-state index < -0.39 is 11.9 Å². The van der Waals surface area contributed by atoms with Gasteiger partial charge in [-0.2, -0.15) is 0 Å². The highest BCUT2D eigenvalue weighted by molar-refractivity contribution is 14.1. The van der Waals surface area contributed by atoms with Crippen LogP contribution in [-0.4, -0.2) is 24.9 Å². The first kappa shape index (κ1) is 19.1. The molecular weight excluding hydrogens is 461 g/mol. The number of carbonyl (C=O) groups excluding carboxylic acids is 2. The van der Waals surface area contributed by atoms with E-state index in [9.17, 15) is 9.59 Å². The van der Waals surface area contributed by atoms with E-state index in [1.807, 2.05) is 53.8 Å². The minimum Gasteiger partial charge on any atom is -0.493 e. The Morgan fingerprint density at radius 1 is 1.26 bits per heavy atom. The number of aryl methyl sites for hydroxylation is 1. The topological polar surface area (TPSA) is 74.2 Å². The molecule has 0 amide bonds. The lowest BCUT2D eigenvalue weighted by Gasteiger charge is -2.11. The third kappa shape index (κ3) is 4.19. The normalized spacial score (nSPS) is 14.7. The monoisotopic (exact) mass is 477 g/mol. The molecule has 0 radical (unpaired) electrons. The van der Waals surface area contributed by atoms with Crippen LogP contribution in [-0.2, 0) is 14.3 Å². The third-order valence-electron chi connectivity index (χ3n) is 3.80. The van der Waals surface area contributed by atoms with Crippen molar-refractivity contribution < 1.29 is 23.8 Å². The van der Waals surface area contributed by atoms with Crippen molar-refractivity contribution in [3.05, 3.63) is 62.4 Å². The quantitative estimate of drug-likeness (QED) is 0.289. The van der Waals surface area contributed by atoms with Crippen LogP contribution in [0.2, 0.25) is 0 Å². The number of ether oxygens (including phenoxy) is 3. The Bertz CT molecular complexity index is 994. The molecule has 2 aromatic carbocycles. The summed E-state index contributed by atoms with van der Waals surface area (Å²) in [4.78, 5) is 27.8. The van der Waals surface area contributed by atoms with E-state index in [0.29, 0.717) is 20.6 Å². The minimum atomic E-state index is -0.522. The summed E-state index contributed by atoms with van der Waals surface area (Å²) in [5.74, 6) is 0.0438. The maximum absolute atomic E-state index is 12.2. The number of aliphatic imine (C=N–C) groups is 1. The summed E-state index contributed by atoms with van der Waals surface area (Å²) in [5.41, 5.74) is 2.60. The Kier molecular flexibility index (Phi) is 5.59. The van der Waals surface area contributed by atoms with Crippen molar-refractivity contribution in [1.29, 1.82) is 0 Å². The van der Waals surface area contributed by atoms with Crippen molar-refractivity contribution in [3.8, 4) is 11.5 Å². The first-order chi connectivity index (χ1) is 12.9. The van der Waals surface area contributed by atoms with Crippen molar-refractivity contribution in [1.82, 2.24) is 0 Å². The van der Waals surface area contributed by atoms with Gasteiger partial charge in [-0.1, -0.05) is 18.2 Å². The molecule has 0 unspecified atom stereocenters. The average molecular weight is 477 g/mol. The van der Waals surface area contributed by atoms with Gasteiger partial charge >= 0.3 is 11.9 Å². The second kappa shape index (κ2) is 7.91. The molecular formula is C20H16INO5. The molecule has 0 N–H and O–H groups in total. The van der Waals surface area contributed by atoms with Crippen LogP contribution >= 0.6 is 22.6 Å². The zero-order chi connectivity index (χ0) is 19.6. The lowest BCUT2D eigenvalue weighted by Crippen LogP contribution is -2.06. The summed E-state index contributed by atoms with van der Waals surface area (Å²) < 4.78 is 16.5. The van der Waals surface area contributed by atoms with E-state index in [1.54, 1.807) is 18.2 Å². The molecule has 1 aliphatic rings. The van der Waals surface area contributed by atoms with Crippen LogP contribution in [0.4, 0.5) is 0 Å². The van der Waals surface area contributed by atoms with E-state index in [4.69, 9.17) is 14.2 Å². The van der Waals surface area contributed by atoms with E-state index in [1.165, 1.54) is 14.0 Å². The van der Waals surface area contributed by atoms with Gasteiger partial charge in [-0.3, -0.25) is 4.79 Å². The number of esters is 2. The molecule has 7 heteroatoms. The fourth-order valence-corrected chi connectivity index (χ4v) is 3.30. The smallest absolute Gasteiger partial charge is 0.363 e. The van der Waals surface area contributed by atoms with Gasteiger partial charge in [0.05, 0.1) is 10.7 Å². The fraction of sp³-hybridized carbons (Fsp3) is 0.150. The zero-order valence-corrected chi connectivity index (χ0v) is 17.1. The van der Waals surface area contributed by atoms with Crippen LogP contribution in [0, 0.1) is 10.5 Å². The number of cyclic esters (lactones) is 1. The number of carbonyl (C=O) groups is 2. The molecule has 0 aliphatic carbocycles. The highest BCUT2D eigenvalue weighted by Crippen LogP contribution is 2.35. The van der Waals surface area contributed by atoms with Gasteiger partial charge in [0, 0.05) is 12.5 Å². The van der Waals surface area contributed by atoms with Crippen LogP contribution in [0.3, 0.4) is 0 Å². The van der Waals surface area contributed by atoms with Crippen LogP contribution in [0.15, 0.2) is 47.1 Å². The molecule has 138 valence electrons. The third-order valence-corrected chi connectivity index (χ3v) is 4.60.